The Morgan fingerprint density at radius 3 is 2.57 bits per heavy atom. The molecule has 1 unspecified atom stereocenters. The van der Waals surface area contributed by atoms with Gasteiger partial charge < -0.3 is 14.8 Å². The maximum absolute atomic E-state index is 12.9. The third-order valence-corrected chi connectivity index (χ3v) is 5.19. The Bertz CT molecular complexity index is 824. The minimum atomic E-state index is -0.921. The van der Waals surface area contributed by atoms with Gasteiger partial charge in [0.1, 0.15) is 17.9 Å². The molecule has 1 N–H and O–H groups in total. The molecule has 2 aromatic rings. The van der Waals surface area contributed by atoms with E-state index in [1.165, 1.54) is 4.90 Å². The lowest BCUT2D eigenvalue weighted by atomic mass is 9.97. The molecule has 0 saturated carbocycles. The van der Waals surface area contributed by atoms with Crippen molar-refractivity contribution in [1.29, 1.82) is 0 Å². The Balaban J connectivity index is 1.62. The van der Waals surface area contributed by atoms with Crippen molar-refractivity contribution in [3.8, 4) is 5.75 Å². The van der Waals surface area contributed by atoms with Crippen molar-refractivity contribution >= 4 is 12.0 Å². The quantitative estimate of drug-likeness (QED) is 0.830. The van der Waals surface area contributed by atoms with Crippen LogP contribution in [0.2, 0.25) is 0 Å². The predicted octanol–water partition coefficient (Wildman–Crippen LogP) is 3.50. The molecule has 0 aromatic heterocycles. The number of methoxy groups -OCH3 is 1. The van der Waals surface area contributed by atoms with Gasteiger partial charge in [0.25, 0.3) is 0 Å². The molecule has 2 aromatic carbocycles. The Morgan fingerprint density at radius 2 is 1.82 bits per heavy atom. The van der Waals surface area contributed by atoms with Crippen molar-refractivity contribution in [1.82, 2.24) is 10.2 Å². The molecule has 2 amide bonds. The van der Waals surface area contributed by atoms with Gasteiger partial charge >= 0.3 is 6.09 Å². The maximum atomic E-state index is 12.9. The molecule has 0 aliphatic carbocycles. The van der Waals surface area contributed by atoms with Crippen molar-refractivity contribution in [3.63, 3.8) is 0 Å². The van der Waals surface area contributed by atoms with Crippen molar-refractivity contribution in [2.75, 3.05) is 13.7 Å². The summed E-state index contributed by atoms with van der Waals surface area (Å²) in [6.45, 7) is 2.83. The van der Waals surface area contributed by atoms with Crippen LogP contribution in [0.3, 0.4) is 0 Å². The van der Waals surface area contributed by atoms with Crippen LogP contribution in [0.25, 0.3) is 0 Å². The van der Waals surface area contributed by atoms with Crippen LogP contribution >= 0.6 is 0 Å². The van der Waals surface area contributed by atoms with E-state index in [0.29, 0.717) is 19.5 Å². The molecule has 0 bridgehead atoms. The summed E-state index contributed by atoms with van der Waals surface area (Å²) in [5.41, 5.74) is 0.881. The number of para-hydroxylation sites is 1. The van der Waals surface area contributed by atoms with Gasteiger partial charge in [-0.25, -0.2) is 4.79 Å². The lowest BCUT2D eigenvalue weighted by Crippen LogP contribution is -2.55. The van der Waals surface area contributed by atoms with E-state index in [0.717, 1.165) is 23.3 Å². The third kappa shape index (κ3) is 4.27. The molecule has 28 heavy (non-hydrogen) atoms. The molecule has 6 nitrogen and oxygen atoms in total. The smallest absolute Gasteiger partial charge is 0.410 e. The molecule has 1 saturated heterocycles. The first-order valence-corrected chi connectivity index (χ1v) is 9.43. The van der Waals surface area contributed by atoms with Crippen molar-refractivity contribution in [2.24, 2.45) is 0 Å². The number of rotatable bonds is 6. The average Bonchev–Trinajstić information content (AvgIpc) is 3.14. The minimum Gasteiger partial charge on any atom is -0.496 e. The van der Waals surface area contributed by atoms with E-state index in [4.69, 9.17) is 9.47 Å². The molecule has 3 rings (SSSR count). The fourth-order valence-corrected chi connectivity index (χ4v) is 3.50. The highest BCUT2D eigenvalue weighted by molar-refractivity contribution is 5.90. The van der Waals surface area contributed by atoms with Gasteiger partial charge in [-0.3, -0.25) is 9.69 Å². The molecule has 0 spiro atoms. The fourth-order valence-electron chi connectivity index (χ4n) is 3.50. The predicted molar refractivity (Wildman–Crippen MR) is 106 cm³/mol. The van der Waals surface area contributed by atoms with Crippen LogP contribution < -0.4 is 10.1 Å². The molecular formula is C22H26N2O4. The summed E-state index contributed by atoms with van der Waals surface area (Å²) in [5.74, 6) is 0.533. The number of carbonyl (C=O) groups is 2. The van der Waals surface area contributed by atoms with Gasteiger partial charge in [-0.2, -0.15) is 0 Å². The van der Waals surface area contributed by atoms with Crippen LogP contribution in [-0.2, 0) is 22.7 Å². The van der Waals surface area contributed by atoms with E-state index in [-0.39, 0.29) is 12.5 Å². The van der Waals surface area contributed by atoms with Crippen LogP contribution in [0.15, 0.2) is 54.6 Å². The number of carbonyl (C=O) groups excluding carboxylic acids is 2. The molecular weight excluding hydrogens is 356 g/mol. The van der Waals surface area contributed by atoms with Gasteiger partial charge in [0.15, 0.2) is 0 Å². The van der Waals surface area contributed by atoms with Crippen molar-refractivity contribution in [2.45, 2.75) is 38.5 Å². The maximum Gasteiger partial charge on any atom is 0.410 e. The van der Waals surface area contributed by atoms with Gasteiger partial charge in [-0.15, -0.1) is 0 Å². The number of amides is 2. The zero-order chi connectivity index (χ0) is 20.0. The van der Waals surface area contributed by atoms with E-state index >= 15 is 0 Å². The first kappa shape index (κ1) is 19.7. The van der Waals surface area contributed by atoms with E-state index in [2.05, 4.69) is 5.32 Å². The highest BCUT2D eigenvalue weighted by atomic mass is 16.6. The van der Waals surface area contributed by atoms with Gasteiger partial charge in [0.05, 0.1) is 7.11 Å². The Hall–Kier alpha value is -3.02. The van der Waals surface area contributed by atoms with Crippen LogP contribution in [0.5, 0.6) is 5.75 Å². The topological polar surface area (TPSA) is 67.9 Å². The molecule has 148 valence electrons. The number of nitrogens with zero attached hydrogens (tertiary/aromatic N) is 1. The molecule has 1 atom stereocenters. The molecule has 1 fully saturated rings. The zero-order valence-corrected chi connectivity index (χ0v) is 16.3. The third-order valence-electron chi connectivity index (χ3n) is 5.19. The summed E-state index contributed by atoms with van der Waals surface area (Å²) in [5, 5.41) is 2.95. The van der Waals surface area contributed by atoms with Crippen molar-refractivity contribution < 1.29 is 19.1 Å². The van der Waals surface area contributed by atoms with Crippen LogP contribution in [0.1, 0.15) is 30.9 Å². The zero-order valence-electron chi connectivity index (χ0n) is 16.3. The highest BCUT2D eigenvalue weighted by Crippen LogP contribution is 2.30. The van der Waals surface area contributed by atoms with Gasteiger partial charge in [0.2, 0.25) is 5.91 Å². The van der Waals surface area contributed by atoms with E-state index in [1.807, 2.05) is 54.6 Å². The largest absolute Gasteiger partial charge is 0.496 e. The van der Waals surface area contributed by atoms with Gasteiger partial charge in [-0.05, 0) is 31.4 Å². The summed E-state index contributed by atoms with van der Waals surface area (Å²) in [4.78, 5) is 27.1. The highest BCUT2D eigenvalue weighted by Gasteiger charge is 2.46. The average molecular weight is 382 g/mol. The Labute approximate surface area is 165 Å². The number of likely N-dealkylation sites (tertiary alicyclic amines) is 1. The van der Waals surface area contributed by atoms with E-state index in [9.17, 15) is 9.59 Å². The SMILES string of the molecule is COc1ccccc1CNC(=O)C1(C)CCCN1C(=O)OCc1ccccc1. The lowest BCUT2D eigenvalue weighted by molar-refractivity contribution is -0.130. The molecule has 1 heterocycles. The van der Waals surface area contributed by atoms with Crippen LogP contribution in [0.4, 0.5) is 4.79 Å². The first-order chi connectivity index (χ1) is 13.5. The summed E-state index contributed by atoms with van der Waals surface area (Å²) < 4.78 is 10.8. The summed E-state index contributed by atoms with van der Waals surface area (Å²) >= 11 is 0. The summed E-state index contributed by atoms with van der Waals surface area (Å²) in [6.07, 6.45) is 0.904. The van der Waals surface area contributed by atoms with Crippen LogP contribution in [-0.4, -0.2) is 36.1 Å². The fraction of sp³-hybridized carbons (Fsp3) is 0.364. The Kier molecular flexibility index (Phi) is 6.19. The van der Waals surface area contributed by atoms with Crippen LogP contribution in [0, 0.1) is 0 Å². The number of hydrogen-bond acceptors (Lipinski definition) is 4. The number of benzene rings is 2. The number of nitrogens with one attached hydrogen (secondary N) is 1. The first-order valence-electron chi connectivity index (χ1n) is 9.43. The number of hydrogen-bond donors (Lipinski definition) is 1. The standard InChI is InChI=1S/C22H26N2O4/c1-22(20(25)23-15-18-11-6-7-12-19(18)27-2)13-8-14-24(22)21(26)28-16-17-9-4-3-5-10-17/h3-7,9-12H,8,13-16H2,1-2H3,(H,23,25). The molecule has 1 aliphatic rings. The molecule has 1 aliphatic heterocycles. The van der Waals surface area contributed by atoms with E-state index in [1.54, 1.807) is 14.0 Å². The summed E-state index contributed by atoms with van der Waals surface area (Å²) in [6, 6.07) is 17.0. The Morgan fingerprint density at radius 1 is 1.11 bits per heavy atom. The van der Waals surface area contributed by atoms with Crippen molar-refractivity contribution in [3.05, 3.63) is 65.7 Å². The van der Waals surface area contributed by atoms with Gasteiger partial charge in [0, 0.05) is 18.7 Å². The molecule has 0 radical (unpaired) electrons. The minimum absolute atomic E-state index is 0.187. The second kappa shape index (κ2) is 8.78. The normalized spacial score (nSPS) is 18.6. The molecule has 6 heteroatoms. The summed E-state index contributed by atoms with van der Waals surface area (Å²) in [7, 11) is 1.60. The monoisotopic (exact) mass is 382 g/mol. The second-order valence-corrected chi connectivity index (χ2v) is 7.06. The lowest BCUT2D eigenvalue weighted by Gasteiger charge is -2.33. The van der Waals surface area contributed by atoms with E-state index < -0.39 is 11.6 Å². The second-order valence-electron chi connectivity index (χ2n) is 7.06. The van der Waals surface area contributed by atoms with Gasteiger partial charge in [-0.1, -0.05) is 48.5 Å². The number of ether oxygens (including phenoxy) is 2.